The molecule has 5 aromatic rings. The normalized spacial score (nSPS) is 11.7. The molecule has 0 bridgehead atoms. The van der Waals surface area contributed by atoms with Crippen LogP contribution in [0.1, 0.15) is 36.8 Å². The molecule has 2 aromatic carbocycles. The summed E-state index contributed by atoms with van der Waals surface area (Å²) in [6, 6.07) is 18.0. The highest BCUT2D eigenvalue weighted by Crippen LogP contribution is 2.32. The summed E-state index contributed by atoms with van der Waals surface area (Å²) in [5.41, 5.74) is 8.93. The number of carbonyl (C=O) groups excluding carboxylic acids is 1. The summed E-state index contributed by atoms with van der Waals surface area (Å²) in [6.45, 7) is 9.31. The van der Waals surface area contributed by atoms with Gasteiger partial charge in [-0.05, 0) is 67.6 Å². The number of rotatable bonds is 8. The second kappa shape index (κ2) is 10.2. The number of nitrogens with one attached hydrogen (secondary N) is 4. The number of hydrazone groups is 1. The molecular formula is C28H27N7OS. The minimum absolute atomic E-state index is 0.0643. The molecule has 0 spiro atoms. The standard InChI is InChI=1S/C28H27N7OS/c1-16(2)31-28(36)24-13-19-5-6-20(14-23(19)33-24)26-34-22-11-12-37-25(22)27(35-26)32-21-9-7-18(8-10-21)17(3)15-30-29-4/h5-16,30,33H,4H2,1-3H3,(H,31,36)(H,32,34,35)/b17-15+. The zero-order valence-corrected chi connectivity index (χ0v) is 21.6. The summed E-state index contributed by atoms with van der Waals surface area (Å²) < 4.78 is 0.985. The molecule has 4 N–H and O–H groups in total. The van der Waals surface area contributed by atoms with Gasteiger partial charge in [-0.2, -0.15) is 5.10 Å². The van der Waals surface area contributed by atoms with Gasteiger partial charge in [0.1, 0.15) is 5.69 Å². The molecule has 0 unspecified atom stereocenters. The monoisotopic (exact) mass is 509 g/mol. The van der Waals surface area contributed by atoms with E-state index in [2.05, 4.69) is 32.9 Å². The second-order valence-corrected chi connectivity index (χ2v) is 9.88. The van der Waals surface area contributed by atoms with Crippen molar-refractivity contribution in [2.75, 3.05) is 5.32 Å². The van der Waals surface area contributed by atoms with Crippen molar-refractivity contribution >= 4 is 62.2 Å². The van der Waals surface area contributed by atoms with Crippen molar-refractivity contribution < 1.29 is 4.79 Å². The number of carbonyl (C=O) groups is 1. The fourth-order valence-electron chi connectivity index (χ4n) is 3.98. The summed E-state index contributed by atoms with van der Waals surface area (Å²) in [4.78, 5) is 25.3. The van der Waals surface area contributed by atoms with Gasteiger partial charge in [0.15, 0.2) is 11.6 Å². The van der Waals surface area contributed by atoms with Gasteiger partial charge < -0.3 is 15.6 Å². The Kier molecular flexibility index (Phi) is 6.70. The number of benzene rings is 2. The molecule has 186 valence electrons. The number of hydrogen-bond acceptors (Lipinski definition) is 7. The Morgan fingerprint density at radius 3 is 2.68 bits per heavy atom. The first-order valence-electron chi connectivity index (χ1n) is 11.9. The van der Waals surface area contributed by atoms with Crippen LogP contribution in [0.2, 0.25) is 0 Å². The summed E-state index contributed by atoms with van der Waals surface area (Å²) in [5.74, 6) is 1.23. The van der Waals surface area contributed by atoms with Crippen LogP contribution >= 0.6 is 11.3 Å². The van der Waals surface area contributed by atoms with Gasteiger partial charge in [0.05, 0.1) is 10.2 Å². The molecule has 1 amide bonds. The number of aromatic amines is 1. The Morgan fingerprint density at radius 2 is 1.92 bits per heavy atom. The first kappa shape index (κ1) is 24.2. The van der Waals surface area contributed by atoms with Crippen molar-refractivity contribution in [1.29, 1.82) is 0 Å². The van der Waals surface area contributed by atoms with E-state index in [0.29, 0.717) is 11.5 Å². The lowest BCUT2D eigenvalue weighted by atomic mass is 10.1. The van der Waals surface area contributed by atoms with Gasteiger partial charge >= 0.3 is 0 Å². The molecule has 0 aliphatic rings. The highest BCUT2D eigenvalue weighted by molar-refractivity contribution is 7.17. The van der Waals surface area contributed by atoms with E-state index in [0.717, 1.165) is 49.3 Å². The first-order chi connectivity index (χ1) is 17.9. The number of amides is 1. The molecule has 0 atom stereocenters. The summed E-state index contributed by atoms with van der Waals surface area (Å²) in [7, 11) is 0. The van der Waals surface area contributed by atoms with E-state index in [1.807, 2.05) is 86.9 Å². The highest BCUT2D eigenvalue weighted by atomic mass is 32.1. The van der Waals surface area contributed by atoms with E-state index in [9.17, 15) is 4.79 Å². The summed E-state index contributed by atoms with van der Waals surface area (Å²) in [5, 5.41) is 13.0. The number of allylic oxidation sites excluding steroid dienone is 1. The van der Waals surface area contributed by atoms with E-state index in [4.69, 9.17) is 9.97 Å². The number of hydrogen-bond donors (Lipinski definition) is 4. The molecular weight excluding hydrogens is 482 g/mol. The molecule has 0 aliphatic carbocycles. The van der Waals surface area contributed by atoms with Crippen LogP contribution < -0.4 is 16.1 Å². The van der Waals surface area contributed by atoms with Crippen LogP contribution in [0.3, 0.4) is 0 Å². The van der Waals surface area contributed by atoms with Crippen LogP contribution in [0, 0.1) is 0 Å². The maximum absolute atomic E-state index is 12.4. The molecule has 0 aliphatic heterocycles. The minimum atomic E-state index is -0.125. The van der Waals surface area contributed by atoms with Gasteiger partial charge in [-0.3, -0.25) is 10.2 Å². The summed E-state index contributed by atoms with van der Waals surface area (Å²) in [6.07, 6.45) is 1.81. The molecule has 37 heavy (non-hydrogen) atoms. The van der Waals surface area contributed by atoms with Crippen molar-refractivity contribution in [1.82, 2.24) is 25.7 Å². The van der Waals surface area contributed by atoms with E-state index in [-0.39, 0.29) is 11.9 Å². The Balaban J connectivity index is 1.46. The van der Waals surface area contributed by atoms with E-state index in [1.165, 1.54) is 0 Å². The van der Waals surface area contributed by atoms with Crippen LogP contribution in [-0.4, -0.2) is 33.6 Å². The van der Waals surface area contributed by atoms with Gasteiger partial charge in [-0.1, -0.05) is 24.3 Å². The van der Waals surface area contributed by atoms with E-state index < -0.39 is 0 Å². The highest BCUT2D eigenvalue weighted by Gasteiger charge is 2.14. The third-order valence-electron chi connectivity index (χ3n) is 5.82. The lowest BCUT2D eigenvalue weighted by Crippen LogP contribution is -2.30. The number of thiophene rings is 1. The molecule has 0 saturated carbocycles. The van der Waals surface area contributed by atoms with Crippen molar-refractivity contribution in [3.05, 3.63) is 77.4 Å². The predicted octanol–water partition coefficient (Wildman–Crippen LogP) is 6.29. The second-order valence-electron chi connectivity index (χ2n) is 8.96. The van der Waals surface area contributed by atoms with Gasteiger partial charge in [-0.15, -0.1) is 11.3 Å². The van der Waals surface area contributed by atoms with Crippen LogP contribution in [-0.2, 0) is 0 Å². The largest absolute Gasteiger partial charge is 0.351 e. The zero-order chi connectivity index (χ0) is 25.9. The third kappa shape index (κ3) is 5.22. The number of fused-ring (bicyclic) bond motifs is 2. The van der Waals surface area contributed by atoms with E-state index >= 15 is 0 Å². The fourth-order valence-corrected chi connectivity index (χ4v) is 4.76. The topological polar surface area (TPSA) is 107 Å². The maximum atomic E-state index is 12.4. The van der Waals surface area contributed by atoms with Crippen molar-refractivity contribution in [3.63, 3.8) is 0 Å². The molecule has 0 saturated heterocycles. The van der Waals surface area contributed by atoms with E-state index in [1.54, 1.807) is 11.3 Å². The van der Waals surface area contributed by atoms with Crippen LogP contribution in [0.15, 0.2) is 71.3 Å². The van der Waals surface area contributed by atoms with Crippen LogP contribution in [0.25, 0.3) is 38.1 Å². The number of H-pyrrole nitrogens is 1. The molecule has 0 fully saturated rings. The van der Waals surface area contributed by atoms with Gasteiger partial charge in [-0.25, -0.2) is 9.97 Å². The summed E-state index contributed by atoms with van der Waals surface area (Å²) >= 11 is 1.60. The Labute approximate surface area is 218 Å². The van der Waals surface area contributed by atoms with Crippen molar-refractivity contribution in [3.8, 4) is 11.4 Å². The maximum Gasteiger partial charge on any atom is 0.267 e. The fraction of sp³-hybridized carbons (Fsp3) is 0.143. The average Bonchev–Trinajstić information content (AvgIpc) is 3.54. The lowest BCUT2D eigenvalue weighted by molar-refractivity contribution is 0.0939. The van der Waals surface area contributed by atoms with Gasteiger partial charge in [0, 0.05) is 41.1 Å². The minimum Gasteiger partial charge on any atom is -0.351 e. The number of nitrogens with zero attached hydrogens (tertiary/aromatic N) is 3. The third-order valence-corrected chi connectivity index (χ3v) is 6.73. The SMILES string of the molecule is C=NN/C=C(\C)c1ccc(Nc2nc(-c3ccc4cc(C(=O)NC(C)C)[nH]c4c3)nc3ccsc23)cc1. The number of anilines is 2. The Morgan fingerprint density at radius 1 is 1.11 bits per heavy atom. The molecule has 3 aromatic heterocycles. The smallest absolute Gasteiger partial charge is 0.267 e. The zero-order valence-electron chi connectivity index (χ0n) is 20.8. The van der Waals surface area contributed by atoms with Crippen molar-refractivity contribution in [2.24, 2.45) is 5.10 Å². The predicted molar refractivity (Wildman–Crippen MR) is 153 cm³/mol. The molecule has 5 rings (SSSR count). The lowest BCUT2D eigenvalue weighted by Gasteiger charge is -2.10. The van der Waals surface area contributed by atoms with Gasteiger partial charge in [0.2, 0.25) is 0 Å². The Hall–Kier alpha value is -4.50. The van der Waals surface area contributed by atoms with Gasteiger partial charge in [0.25, 0.3) is 5.91 Å². The average molecular weight is 510 g/mol. The van der Waals surface area contributed by atoms with Crippen molar-refractivity contribution in [2.45, 2.75) is 26.8 Å². The first-order valence-corrected chi connectivity index (χ1v) is 12.7. The van der Waals surface area contributed by atoms with Crippen LogP contribution in [0.5, 0.6) is 0 Å². The molecule has 0 radical (unpaired) electrons. The molecule has 3 heterocycles. The molecule has 9 heteroatoms. The quantitative estimate of drug-likeness (QED) is 0.145. The molecule has 8 nitrogen and oxygen atoms in total. The van der Waals surface area contributed by atoms with Crippen LogP contribution in [0.4, 0.5) is 11.5 Å². The number of aromatic nitrogens is 3. The Bertz CT molecular complexity index is 1630.